The summed E-state index contributed by atoms with van der Waals surface area (Å²) in [7, 11) is 1.59. The summed E-state index contributed by atoms with van der Waals surface area (Å²) in [5, 5.41) is 3.39. The van der Waals surface area contributed by atoms with Crippen molar-refractivity contribution in [2.45, 2.75) is 12.5 Å². The third-order valence-corrected chi connectivity index (χ3v) is 3.52. The van der Waals surface area contributed by atoms with Crippen molar-refractivity contribution < 1.29 is 9.53 Å². The van der Waals surface area contributed by atoms with Crippen LogP contribution in [-0.4, -0.2) is 13.0 Å². The van der Waals surface area contributed by atoms with Crippen LogP contribution in [0.15, 0.2) is 48.5 Å². The second-order valence-corrected chi connectivity index (χ2v) is 5.33. The number of hydrogen-bond donors (Lipinski definition) is 2. The highest BCUT2D eigenvalue weighted by Gasteiger charge is 2.30. The van der Waals surface area contributed by atoms with Gasteiger partial charge in [0.2, 0.25) is 5.91 Å². The Bertz CT molecular complexity index is 622. The number of methoxy groups -OCH3 is 1. The molecule has 0 aliphatic carbocycles. The van der Waals surface area contributed by atoms with Gasteiger partial charge in [0.05, 0.1) is 7.11 Å². The molecule has 0 fully saturated rings. The Labute approximate surface area is 128 Å². The molecule has 1 amide bonds. The van der Waals surface area contributed by atoms with Gasteiger partial charge in [-0.2, -0.15) is 0 Å². The topological polar surface area (TPSA) is 64.3 Å². The van der Waals surface area contributed by atoms with Crippen molar-refractivity contribution in [3.05, 3.63) is 59.1 Å². The minimum atomic E-state index is -1.15. The van der Waals surface area contributed by atoms with Crippen LogP contribution in [-0.2, 0) is 10.3 Å². The molecule has 110 valence electrons. The van der Waals surface area contributed by atoms with E-state index in [0.29, 0.717) is 22.0 Å². The molecule has 3 N–H and O–H groups in total. The van der Waals surface area contributed by atoms with Gasteiger partial charge in [0.1, 0.15) is 11.3 Å². The van der Waals surface area contributed by atoms with E-state index in [0.717, 1.165) is 0 Å². The molecule has 0 bridgehead atoms. The van der Waals surface area contributed by atoms with Gasteiger partial charge in [-0.05, 0) is 48.9 Å². The standard InChI is InChI=1S/C16H17ClN2O2/c1-16(18,11-3-9-14(21-2)10-4-11)15(20)19-13-7-5-12(17)6-8-13/h3-10H,18H2,1-2H3,(H,19,20)/t16-/m0/s1. The van der Waals surface area contributed by atoms with Gasteiger partial charge in [0.25, 0.3) is 0 Å². The molecule has 0 aliphatic heterocycles. The Morgan fingerprint density at radius 1 is 1.14 bits per heavy atom. The monoisotopic (exact) mass is 304 g/mol. The molecular weight excluding hydrogens is 288 g/mol. The fraction of sp³-hybridized carbons (Fsp3) is 0.188. The first kappa shape index (κ1) is 15.4. The summed E-state index contributed by atoms with van der Waals surface area (Å²) in [5.74, 6) is 0.419. The molecule has 2 rings (SSSR count). The molecule has 2 aromatic rings. The number of hydrogen-bond acceptors (Lipinski definition) is 3. The number of halogens is 1. The summed E-state index contributed by atoms with van der Waals surface area (Å²) in [5.41, 5.74) is 6.38. The van der Waals surface area contributed by atoms with Gasteiger partial charge >= 0.3 is 0 Å². The molecular formula is C16H17ClN2O2. The SMILES string of the molecule is COc1ccc([C@](C)(N)C(=O)Nc2ccc(Cl)cc2)cc1. The number of nitrogens with one attached hydrogen (secondary N) is 1. The number of benzene rings is 2. The number of carbonyl (C=O) groups is 1. The molecule has 0 aromatic heterocycles. The van der Waals surface area contributed by atoms with Crippen LogP contribution < -0.4 is 15.8 Å². The minimum absolute atomic E-state index is 0.296. The van der Waals surface area contributed by atoms with Gasteiger partial charge in [-0.1, -0.05) is 23.7 Å². The van der Waals surface area contributed by atoms with E-state index in [2.05, 4.69) is 5.32 Å². The van der Waals surface area contributed by atoms with E-state index in [1.165, 1.54) is 0 Å². The first-order chi connectivity index (χ1) is 9.93. The fourth-order valence-electron chi connectivity index (χ4n) is 1.86. The van der Waals surface area contributed by atoms with Gasteiger partial charge in [-0.3, -0.25) is 4.79 Å². The van der Waals surface area contributed by atoms with E-state index >= 15 is 0 Å². The van der Waals surface area contributed by atoms with Crippen molar-refractivity contribution in [2.75, 3.05) is 12.4 Å². The summed E-state index contributed by atoms with van der Waals surface area (Å²) in [6.07, 6.45) is 0. The van der Waals surface area contributed by atoms with Crippen molar-refractivity contribution in [3.63, 3.8) is 0 Å². The first-order valence-corrected chi connectivity index (χ1v) is 6.81. The van der Waals surface area contributed by atoms with E-state index < -0.39 is 5.54 Å². The Balaban J connectivity index is 2.17. The van der Waals surface area contributed by atoms with Gasteiger partial charge in [-0.25, -0.2) is 0 Å². The van der Waals surface area contributed by atoms with Crippen LogP contribution in [0.25, 0.3) is 0 Å². The van der Waals surface area contributed by atoms with Crippen LogP contribution >= 0.6 is 11.6 Å². The second kappa shape index (κ2) is 6.16. The van der Waals surface area contributed by atoms with Crippen LogP contribution in [0.4, 0.5) is 5.69 Å². The van der Waals surface area contributed by atoms with Crippen LogP contribution in [0.2, 0.25) is 5.02 Å². The average Bonchev–Trinajstić information content (AvgIpc) is 2.49. The molecule has 0 radical (unpaired) electrons. The van der Waals surface area contributed by atoms with Crippen LogP contribution in [0.1, 0.15) is 12.5 Å². The fourth-order valence-corrected chi connectivity index (χ4v) is 1.99. The molecule has 0 spiro atoms. The smallest absolute Gasteiger partial charge is 0.248 e. The maximum absolute atomic E-state index is 12.4. The molecule has 0 saturated carbocycles. The van der Waals surface area contributed by atoms with Crippen LogP contribution in [0.5, 0.6) is 5.75 Å². The number of anilines is 1. The van der Waals surface area contributed by atoms with Gasteiger partial charge in [0, 0.05) is 10.7 Å². The highest BCUT2D eigenvalue weighted by atomic mass is 35.5. The lowest BCUT2D eigenvalue weighted by molar-refractivity contribution is -0.120. The van der Waals surface area contributed by atoms with Gasteiger partial charge in [0.15, 0.2) is 0 Å². The summed E-state index contributed by atoms with van der Waals surface area (Å²) in [6.45, 7) is 1.67. The van der Waals surface area contributed by atoms with E-state index in [1.807, 2.05) is 0 Å². The molecule has 0 heterocycles. The minimum Gasteiger partial charge on any atom is -0.497 e. The lowest BCUT2D eigenvalue weighted by Gasteiger charge is -2.24. The maximum Gasteiger partial charge on any atom is 0.248 e. The molecule has 1 atom stereocenters. The largest absolute Gasteiger partial charge is 0.497 e. The lowest BCUT2D eigenvalue weighted by Crippen LogP contribution is -2.45. The Morgan fingerprint density at radius 3 is 2.24 bits per heavy atom. The van der Waals surface area contributed by atoms with Crippen molar-refractivity contribution >= 4 is 23.2 Å². The Kier molecular flexibility index (Phi) is 4.50. The van der Waals surface area contributed by atoms with Crippen LogP contribution in [0, 0.1) is 0 Å². The molecule has 4 nitrogen and oxygen atoms in total. The predicted octanol–water partition coefficient (Wildman–Crippen LogP) is 3.16. The van der Waals surface area contributed by atoms with Crippen molar-refractivity contribution in [1.29, 1.82) is 0 Å². The van der Waals surface area contributed by atoms with E-state index in [-0.39, 0.29) is 5.91 Å². The molecule has 0 aliphatic rings. The lowest BCUT2D eigenvalue weighted by atomic mass is 9.92. The highest BCUT2D eigenvalue weighted by Crippen LogP contribution is 2.23. The van der Waals surface area contributed by atoms with E-state index in [4.69, 9.17) is 22.1 Å². The number of carbonyl (C=O) groups excluding carboxylic acids is 1. The second-order valence-electron chi connectivity index (χ2n) is 4.89. The normalized spacial score (nSPS) is 13.3. The summed E-state index contributed by atoms with van der Waals surface area (Å²) in [6, 6.07) is 14.0. The van der Waals surface area contributed by atoms with Crippen molar-refractivity contribution in [2.24, 2.45) is 5.73 Å². The number of rotatable bonds is 4. The number of nitrogens with two attached hydrogens (primary N) is 1. The third kappa shape index (κ3) is 3.54. The first-order valence-electron chi connectivity index (χ1n) is 6.44. The zero-order valence-corrected chi connectivity index (χ0v) is 12.6. The van der Waals surface area contributed by atoms with Gasteiger partial charge in [-0.15, -0.1) is 0 Å². The zero-order chi connectivity index (χ0) is 15.5. The molecule has 21 heavy (non-hydrogen) atoms. The quantitative estimate of drug-likeness (QED) is 0.912. The maximum atomic E-state index is 12.4. The predicted molar refractivity (Wildman–Crippen MR) is 84.6 cm³/mol. The Morgan fingerprint density at radius 2 is 1.71 bits per heavy atom. The zero-order valence-electron chi connectivity index (χ0n) is 11.9. The average molecular weight is 305 g/mol. The molecule has 5 heteroatoms. The molecule has 2 aromatic carbocycles. The number of ether oxygens (including phenoxy) is 1. The Hall–Kier alpha value is -2.04. The molecule has 0 saturated heterocycles. The third-order valence-electron chi connectivity index (χ3n) is 3.26. The number of amides is 1. The van der Waals surface area contributed by atoms with E-state index in [9.17, 15) is 4.79 Å². The summed E-state index contributed by atoms with van der Waals surface area (Å²) < 4.78 is 5.10. The van der Waals surface area contributed by atoms with Crippen molar-refractivity contribution in [3.8, 4) is 5.75 Å². The van der Waals surface area contributed by atoms with Crippen LogP contribution in [0.3, 0.4) is 0 Å². The van der Waals surface area contributed by atoms with Crippen molar-refractivity contribution in [1.82, 2.24) is 0 Å². The highest BCUT2D eigenvalue weighted by molar-refractivity contribution is 6.30. The summed E-state index contributed by atoms with van der Waals surface area (Å²) in [4.78, 5) is 12.4. The summed E-state index contributed by atoms with van der Waals surface area (Å²) >= 11 is 5.81. The van der Waals surface area contributed by atoms with E-state index in [1.54, 1.807) is 62.6 Å². The molecule has 0 unspecified atom stereocenters. The van der Waals surface area contributed by atoms with Gasteiger partial charge < -0.3 is 15.8 Å².